The molecule has 5 N–H and O–H groups in total. The molecule has 55 heavy (non-hydrogen) atoms. The Labute approximate surface area is 318 Å². The Morgan fingerprint density at radius 3 is 2.56 bits per heavy atom. The predicted molar refractivity (Wildman–Crippen MR) is 210 cm³/mol. The summed E-state index contributed by atoms with van der Waals surface area (Å²) in [5.41, 5.74) is 4.56. The van der Waals surface area contributed by atoms with Gasteiger partial charge in [0.05, 0.1) is 36.6 Å². The summed E-state index contributed by atoms with van der Waals surface area (Å²) in [4.78, 5) is 44.8. The predicted octanol–water partition coefficient (Wildman–Crippen LogP) is 5.56. The molecule has 0 aliphatic carbocycles. The van der Waals surface area contributed by atoms with Crippen molar-refractivity contribution in [1.29, 1.82) is 0 Å². The summed E-state index contributed by atoms with van der Waals surface area (Å²) >= 11 is 0. The summed E-state index contributed by atoms with van der Waals surface area (Å²) in [6.07, 6.45) is 0.0799. The summed E-state index contributed by atoms with van der Waals surface area (Å²) in [5.74, 6) is 1.07. The van der Waals surface area contributed by atoms with Crippen molar-refractivity contribution in [3.8, 4) is 28.4 Å². The Bertz CT molecular complexity index is 2200. The van der Waals surface area contributed by atoms with Gasteiger partial charge >= 0.3 is 6.09 Å². The summed E-state index contributed by atoms with van der Waals surface area (Å²) in [6, 6.07) is 27.2. The van der Waals surface area contributed by atoms with Crippen LogP contribution in [0.1, 0.15) is 36.5 Å². The van der Waals surface area contributed by atoms with Crippen LogP contribution < -0.4 is 30.6 Å². The third-order valence-electron chi connectivity index (χ3n) is 10.1. The van der Waals surface area contributed by atoms with Crippen molar-refractivity contribution < 1.29 is 34.0 Å². The number of likely N-dealkylation sites (tertiary alicyclic amines) is 1. The fraction of sp³-hybridized carbons (Fsp3) is 0.310. The van der Waals surface area contributed by atoms with Crippen LogP contribution in [0.15, 0.2) is 95.8 Å². The maximum atomic E-state index is 13.6. The molecule has 1 saturated heterocycles. The number of amides is 2. The van der Waals surface area contributed by atoms with Crippen molar-refractivity contribution in [2.24, 2.45) is 0 Å². The second-order valence-corrected chi connectivity index (χ2v) is 13.7. The largest absolute Gasteiger partial charge is 0.506 e. The van der Waals surface area contributed by atoms with E-state index in [0.29, 0.717) is 92.4 Å². The maximum absolute atomic E-state index is 13.6. The number of anilines is 2. The van der Waals surface area contributed by atoms with E-state index in [1.807, 2.05) is 66.7 Å². The molecule has 2 amide bonds. The van der Waals surface area contributed by atoms with Gasteiger partial charge in [-0.3, -0.25) is 14.9 Å². The number of piperidine rings is 1. The van der Waals surface area contributed by atoms with Gasteiger partial charge in [-0.25, -0.2) is 4.79 Å². The van der Waals surface area contributed by atoms with Gasteiger partial charge in [-0.05, 0) is 48.2 Å². The van der Waals surface area contributed by atoms with Gasteiger partial charge in [0.25, 0.3) is 0 Å². The van der Waals surface area contributed by atoms with Crippen molar-refractivity contribution in [3.05, 3.63) is 112 Å². The Morgan fingerprint density at radius 1 is 0.982 bits per heavy atom. The molecule has 7 rings (SSSR count). The second kappa shape index (κ2) is 17.1. The molecule has 13 heteroatoms. The van der Waals surface area contributed by atoms with Crippen LogP contribution in [0.4, 0.5) is 16.2 Å². The Kier molecular flexibility index (Phi) is 11.6. The highest BCUT2D eigenvalue weighted by Gasteiger charge is 2.28. The first-order valence-electron chi connectivity index (χ1n) is 18.5. The topological polar surface area (TPSA) is 166 Å². The van der Waals surface area contributed by atoms with E-state index in [2.05, 4.69) is 20.5 Å². The zero-order valence-corrected chi connectivity index (χ0v) is 30.6. The third kappa shape index (κ3) is 8.75. The molecule has 1 aromatic heterocycles. The molecule has 3 heterocycles. The number of phenols is 1. The fourth-order valence-electron chi connectivity index (χ4n) is 7.27. The molecule has 0 saturated carbocycles. The van der Waals surface area contributed by atoms with Gasteiger partial charge in [-0.1, -0.05) is 54.6 Å². The number of ether oxygens (including phenoxy) is 3. The lowest BCUT2D eigenvalue weighted by Crippen LogP contribution is -2.42. The highest BCUT2D eigenvalue weighted by atomic mass is 16.6. The fourth-order valence-corrected chi connectivity index (χ4v) is 7.27. The van der Waals surface area contributed by atoms with E-state index in [1.54, 1.807) is 24.1 Å². The van der Waals surface area contributed by atoms with E-state index in [9.17, 15) is 24.6 Å². The molecule has 1 atom stereocenters. The lowest BCUT2D eigenvalue weighted by Gasteiger charge is -2.33. The van der Waals surface area contributed by atoms with E-state index in [0.717, 1.165) is 16.7 Å². The number of aliphatic hydroxyl groups is 1. The summed E-state index contributed by atoms with van der Waals surface area (Å²) in [6.45, 7) is 3.32. The van der Waals surface area contributed by atoms with Crippen LogP contribution in [0, 0.1) is 0 Å². The molecular weight excluding hydrogens is 702 g/mol. The quantitative estimate of drug-likeness (QED) is 0.109. The van der Waals surface area contributed by atoms with E-state index in [-0.39, 0.29) is 35.4 Å². The van der Waals surface area contributed by atoms with Gasteiger partial charge in [0.2, 0.25) is 11.5 Å². The minimum atomic E-state index is -0.923. The number of carbonyl (C=O) groups excluding carboxylic acids is 2. The van der Waals surface area contributed by atoms with Crippen LogP contribution in [0.2, 0.25) is 0 Å². The zero-order chi connectivity index (χ0) is 38.3. The number of rotatable bonds is 12. The van der Waals surface area contributed by atoms with Gasteiger partial charge in [-0.15, -0.1) is 0 Å². The van der Waals surface area contributed by atoms with Crippen LogP contribution >= 0.6 is 0 Å². The number of aromatic amines is 1. The summed E-state index contributed by atoms with van der Waals surface area (Å²) < 4.78 is 17.5. The molecule has 1 fully saturated rings. The molecule has 2 aliphatic rings. The van der Waals surface area contributed by atoms with Gasteiger partial charge in [0.1, 0.15) is 30.0 Å². The smallest absolute Gasteiger partial charge is 0.411 e. The first-order valence-corrected chi connectivity index (χ1v) is 18.5. The minimum Gasteiger partial charge on any atom is -0.506 e. The van der Waals surface area contributed by atoms with Gasteiger partial charge in [0, 0.05) is 67.8 Å². The average Bonchev–Trinajstić information content (AvgIpc) is 3.20. The number of aliphatic hydroxyl groups excluding tert-OH is 1. The molecule has 0 unspecified atom stereocenters. The first kappa shape index (κ1) is 37.4. The van der Waals surface area contributed by atoms with Crippen molar-refractivity contribution >= 4 is 34.3 Å². The number of carbonyl (C=O) groups is 2. The number of aromatic hydroxyl groups is 1. The lowest BCUT2D eigenvalue weighted by atomic mass is 10.0. The van der Waals surface area contributed by atoms with E-state index in [4.69, 9.17) is 14.2 Å². The van der Waals surface area contributed by atoms with E-state index in [1.165, 1.54) is 12.1 Å². The summed E-state index contributed by atoms with van der Waals surface area (Å²) in [7, 11) is 1.57. The van der Waals surface area contributed by atoms with Crippen molar-refractivity contribution in [3.63, 3.8) is 0 Å². The van der Waals surface area contributed by atoms with Crippen molar-refractivity contribution in [2.45, 2.75) is 38.0 Å². The molecule has 5 aromatic rings. The van der Waals surface area contributed by atoms with Crippen molar-refractivity contribution in [2.75, 3.05) is 56.7 Å². The number of H-pyrrole nitrogens is 1. The number of hydrogen-bond donors (Lipinski definition) is 5. The van der Waals surface area contributed by atoms with Crippen LogP contribution in [-0.4, -0.2) is 84.6 Å². The van der Waals surface area contributed by atoms with Crippen molar-refractivity contribution in [1.82, 2.24) is 15.2 Å². The minimum absolute atomic E-state index is 0.0158. The standard InChI is InChI=1S/C42H45N5O8/c1-53-37-24-34-38(23-28(37)25-43-26-36(49)31-11-13-35(48)41-32(31)12-14-39(50)45-41)54-22-21-47(34)40(51)17-20-46-18-15-29(16-19-46)55-42(52)44-33-10-6-5-9-30(33)27-7-3-2-4-8-27/h2-14,23-24,29,36,43,48-49H,15-22,25-26H2,1H3,(H,44,52)(H,45,50)/t36-/m0/s1. The number of nitrogens with one attached hydrogen (secondary N) is 3. The molecule has 2 aliphatic heterocycles. The molecule has 286 valence electrons. The molecular formula is C42H45N5O8. The van der Waals surface area contributed by atoms with Crippen LogP contribution in [0.3, 0.4) is 0 Å². The monoisotopic (exact) mass is 747 g/mol. The number of nitrogens with zero attached hydrogens (tertiary/aromatic N) is 2. The first-order chi connectivity index (χ1) is 26.8. The van der Waals surface area contributed by atoms with Crippen LogP contribution in [-0.2, 0) is 16.1 Å². The Hall–Kier alpha value is -5.89. The van der Waals surface area contributed by atoms with E-state index >= 15 is 0 Å². The van der Waals surface area contributed by atoms with Gasteiger partial charge in [0.15, 0.2) is 0 Å². The molecule has 0 spiro atoms. The number of fused-ring (bicyclic) bond motifs is 2. The molecule has 0 radical (unpaired) electrons. The number of methoxy groups -OCH3 is 1. The average molecular weight is 748 g/mol. The van der Waals surface area contributed by atoms with Crippen LogP contribution in [0.25, 0.3) is 22.0 Å². The number of aromatic nitrogens is 1. The highest BCUT2D eigenvalue weighted by molar-refractivity contribution is 5.96. The van der Waals surface area contributed by atoms with Gasteiger partial charge in [-0.2, -0.15) is 0 Å². The lowest BCUT2D eigenvalue weighted by molar-refractivity contribution is -0.119. The normalized spacial score (nSPS) is 15.2. The van der Waals surface area contributed by atoms with Crippen LogP contribution in [0.5, 0.6) is 17.2 Å². The molecule has 4 aromatic carbocycles. The SMILES string of the molecule is COc1cc2c(cc1CNC[C@H](O)c1ccc(O)c3[nH]c(=O)ccc13)OCCN2C(=O)CCN1CCC(OC(=O)Nc2ccccc2-c2ccccc2)CC1. The highest BCUT2D eigenvalue weighted by Crippen LogP contribution is 2.38. The molecule has 0 bridgehead atoms. The molecule has 13 nitrogen and oxygen atoms in total. The second-order valence-electron chi connectivity index (χ2n) is 13.7. The maximum Gasteiger partial charge on any atom is 0.411 e. The Balaban J connectivity index is 0.895. The number of para-hydroxylation sites is 1. The number of pyridine rings is 1. The third-order valence-corrected chi connectivity index (χ3v) is 10.1. The zero-order valence-electron chi connectivity index (χ0n) is 30.6. The number of benzene rings is 4. The summed E-state index contributed by atoms with van der Waals surface area (Å²) in [5, 5.41) is 27.9. The number of hydrogen-bond acceptors (Lipinski definition) is 10. The number of phenolic OH excluding ortho intramolecular Hbond substituents is 1. The van der Waals surface area contributed by atoms with E-state index < -0.39 is 12.2 Å². The Morgan fingerprint density at radius 2 is 1.76 bits per heavy atom. The van der Waals surface area contributed by atoms with Gasteiger partial charge < -0.3 is 44.5 Å².